The van der Waals surface area contributed by atoms with Gasteiger partial charge in [0.25, 0.3) is 0 Å². The highest BCUT2D eigenvalue weighted by molar-refractivity contribution is 5.30. The molecule has 27 heavy (non-hydrogen) atoms. The number of aromatic nitrogens is 3. The van der Waals surface area contributed by atoms with Crippen molar-refractivity contribution < 1.29 is 35.8 Å². The first-order valence-electron chi connectivity index (χ1n) is 7.81. The SMILES string of the molecule is Cc1cc(OCC(C)CC(F)(F)F)nc(Oc2cc(C(F)(F)F)nn2C)c1. The highest BCUT2D eigenvalue weighted by Gasteiger charge is 2.35. The number of aryl methyl sites for hydroxylation is 2. The molecule has 11 heteroatoms. The van der Waals surface area contributed by atoms with E-state index in [4.69, 9.17) is 9.47 Å². The van der Waals surface area contributed by atoms with Crippen LogP contribution in [-0.4, -0.2) is 27.5 Å². The zero-order valence-electron chi connectivity index (χ0n) is 14.6. The molecule has 0 N–H and O–H groups in total. The van der Waals surface area contributed by atoms with Crippen molar-refractivity contribution in [3.63, 3.8) is 0 Å². The van der Waals surface area contributed by atoms with Crippen LogP contribution in [-0.2, 0) is 13.2 Å². The maximum atomic E-state index is 12.7. The Morgan fingerprint density at radius 2 is 1.70 bits per heavy atom. The van der Waals surface area contributed by atoms with Crippen LogP contribution in [0.2, 0.25) is 0 Å². The molecule has 0 aromatic carbocycles. The maximum absolute atomic E-state index is 12.7. The van der Waals surface area contributed by atoms with E-state index in [1.54, 1.807) is 6.92 Å². The van der Waals surface area contributed by atoms with Crippen molar-refractivity contribution in [1.29, 1.82) is 0 Å². The van der Waals surface area contributed by atoms with Crippen molar-refractivity contribution in [2.45, 2.75) is 32.6 Å². The molecule has 2 heterocycles. The van der Waals surface area contributed by atoms with Crippen molar-refractivity contribution in [1.82, 2.24) is 14.8 Å². The lowest BCUT2D eigenvalue weighted by molar-refractivity contribution is -0.145. The first-order chi connectivity index (χ1) is 12.3. The summed E-state index contributed by atoms with van der Waals surface area (Å²) in [5, 5.41) is 3.32. The van der Waals surface area contributed by atoms with E-state index in [9.17, 15) is 26.3 Å². The number of hydrogen-bond acceptors (Lipinski definition) is 4. The Bertz CT molecular complexity index is 785. The van der Waals surface area contributed by atoms with E-state index in [1.807, 2.05) is 0 Å². The smallest absolute Gasteiger partial charge is 0.435 e. The number of nitrogens with zero attached hydrogens (tertiary/aromatic N) is 3. The molecule has 2 aromatic heterocycles. The van der Waals surface area contributed by atoms with Gasteiger partial charge in [-0.1, -0.05) is 6.92 Å². The molecule has 2 rings (SSSR count). The van der Waals surface area contributed by atoms with Crippen molar-refractivity contribution in [2.75, 3.05) is 6.61 Å². The first-order valence-corrected chi connectivity index (χ1v) is 7.81. The fourth-order valence-corrected chi connectivity index (χ4v) is 2.20. The van der Waals surface area contributed by atoms with Crippen molar-refractivity contribution >= 4 is 0 Å². The summed E-state index contributed by atoms with van der Waals surface area (Å²) in [7, 11) is 1.27. The van der Waals surface area contributed by atoms with Crippen LogP contribution >= 0.6 is 0 Å². The van der Waals surface area contributed by atoms with Gasteiger partial charge in [0.1, 0.15) is 0 Å². The summed E-state index contributed by atoms with van der Waals surface area (Å²) in [4.78, 5) is 3.96. The van der Waals surface area contributed by atoms with Gasteiger partial charge in [-0.15, -0.1) is 0 Å². The number of alkyl halides is 6. The number of hydrogen-bond donors (Lipinski definition) is 0. The van der Waals surface area contributed by atoms with Crippen LogP contribution < -0.4 is 9.47 Å². The largest absolute Gasteiger partial charge is 0.477 e. The molecule has 0 aliphatic heterocycles. The molecule has 1 unspecified atom stereocenters. The number of halogens is 6. The fourth-order valence-electron chi connectivity index (χ4n) is 2.20. The Hall–Kier alpha value is -2.46. The van der Waals surface area contributed by atoms with E-state index in [0.717, 1.165) is 10.7 Å². The van der Waals surface area contributed by atoms with E-state index in [0.29, 0.717) is 5.56 Å². The molecule has 0 aliphatic rings. The van der Waals surface area contributed by atoms with Gasteiger partial charge in [0.15, 0.2) is 5.69 Å². The number of ether oxygens (including phenoxy) is 2. The van der Waals surface area contributed by atoms with Crippen LogP contribution in [0.4, 0.5) is 26.3 Å². The average Bonchev–Trinajstić information content (AvgIpc) is 2.84. The Balaban J connectivity index is 2.10. The van der Waals surface area contributed by atoms with Gasteiger partial charge in [0, 0.05) is 31.7 Å². The van der Waals surface area contributed by atoms with Gasteiger partial charge in [-0.2, -0.15) is 36.4 Å². The second-order valence-electron chi connectivity index (χ2n) is 6.15. The summed E-state index contributed by atoms with van der Waals surface area (Å²) in [5.74, 6) is -1.04. The van der Waals surface area contributed by atoms with Gasteiger partial charge in [-0.3, -0.25) is 0 Å². The van der Waals surface area contributed by atoms with Crippen molar-refractivity contribution in [2.24, 2.45) is 13.0 Å². The summed E-state index contributed by atoms with van der Waals surface area (Å²) in [6, 6.07) is 3.65. The summed E-state index contributed by atoms with van der Waals surface area (Å²) in [6.07, 6.45) is -9.92. The standard InChI is InChI=1S/C16H17F6N3O2/c1-9-4-12(26-8-10(2)7-15(17,18)19)23-13(5-9)27-14-6-11(16(20,21)22)24-25(14)3/h4-6,10H,7-8H2,1-3H3. The first kappa shape index (κ1) is 20.8. The fraction of sp³-hybridized carbons (Fsp3) is 0.500. The Kier molecular flexibility index (Phi) is 5.91. The van der Waals surface area contributed by atoms with Crippen molar-refractivity contribution in [3.8, 4) is 17.6 Å². The third kappa shape index (κ3) is 6.33. The molecular formula is C16H17F6N3O2. The predicted molar refractivity (Wildman–Crippen MR) is 82.6 cm³/mol. The van der Waals surface area contributed by atoms with Gasteiger partial charge in [-0.25, -0.2) is 4.68 Å². The maximum Gasteiger partial charge on any atom is 0.435 e. The van der Waals surface area contributed by atoms with Crippen LogP contribution in [0.1, 0.15) is 24.6 Å². The second kappa shape index (κ2) is 7.65. The summed E-state index contributed by atoms with van der Waals surface area (Å²) in [6.45, 7) is 2.82. The number of pyridine rings is 1. The van der Waals surface area contributed by atoms with Gasteiger partial charge < -0.3 is 9.47 Å². The van der Waals surface area contributed by atoms with E-state index in [2.05, 4.69) is 10.1 Å². The minimum atomic E-state index is -4.62. The predicted octanol–water partition coefficient (Wildman–Crippen LogP) is 4.90. The van der Waals surface area contributed by atoms with Crippen molar-refractivity contribution in [3.05, 3.63) is 29.5 Å². The second-order valence-corrected chi connectivity index (χ2v) is 6.15. The van der Waals surface area contributed by atoms with E-state index in [-0.39, 0.29) is 24.2 Å². The lowest BCUT2D eigenvalue weighted by Crippen LogP contribution is -2.18. The third-order valence-corrected chi connectivity index (χ3v) is 3.35. The third-order valence-electron chi connectivity index (χ3n) is 3.35. The number of rotatable bonds is 6. The summed E-state index contributed by atoms with van der Waals surface area (Å²) in [5.41, 5.74) is -0.512. The van der Waals surface area contributed by atoms with Crippen LogP contribution in [0.5, 0.6) is 17.6 Å². The molecule has 1 atom stereocenters. The van der Waals surface area contributed by atoms with Crippen LogP contribution in [0.3, 0.4) is 0 Å². The van der Waals surface area contributed by atoms with Crippen LogP contribution in [0, 0.1) is 12.8 Å². The molecular weight excluding hydrogens is 380 g/mol. The molecule has 0 spiro atoms. The zero-order valence-corrected chi connectivity index (χ0v) is 14.6. The molecule has 0 radical (unpaired) electrons. The molecule has 0 fully saturated rings. The molecule has 0 aliphatic carbocycles. The van der Waals surface area contributed by atoms with Gasteiger partial charge in [0.2, 0.25) is 17.6 Å². The monoisotopic (exact) mass is 397 g/mol. The molecule has 0 saturated carbocycles. The minimum absolute atomic E-state index is 0.0113. The normalized spacial score (nSPS) is 13.5. The van der Waals surface area contributed by atoms with Gasteiger partial charge in [0.05, 0.1) is 6.61 Å². The Labute approximate surface area is 150 Å². The summed E-state index contributed by atoms with van der Waals surface area (Å²) < 4.78 is 86.6. The highest BCUT2D eigenvalue weighted by atomic mass is 19.4. The molecule has 2 aromatic rings. The molecule has 5 nitrogen and oxygen atoms in total. The van der Waals surface area contributed by atoms with E-state index < -0.39 is 30.4 Å². The quantitative estimate of drug-likeness (QED) is 0.651. The van der Waals surface area contributed by atoms with E-state index in [1.165, 1.54) is 26.1 Å². The molecule has 0 bridgehead atoms. The van der Waals surface area contributed by atoms with Crippen LogP contribution in [0.25, 0.3) is 0 Å². The molecule has 0 saturated heterocycles. The van der Waals surface area contributed by atoms with Crippen LogP contribution in [0.15, 0.2) is 18.2 Å². The lowest BCUT2D eigenvalue weighted by atomic mass is 10.1. The van der Waals surface area contributed by atoms with E-state index >= 15 is 0 Å². The lowest BCUT2D eigenvalue weighted by Gasteiger charge is -2.15. The minimum Gasteiger partial charge on any atom is -0.477 e. The highest BCUT2D eigenvalue weighted by Crippen LogP contribution is 2.32. The van der Waals surface area contributed by atoms with Gasteiger partial charge >= 0.3 is 12.4 Å². The zero-order chi connectivity index (χ0) is 20.4. The van der Waals surface area contributed by atoms with Gasteiger partial charge in [-0.05, 0) is 18.4 Å². The Morgan fingerprint density at radius 3 is 2.26 bits per heavy atom. The average molecular weight is 397 g/mol. The Morgan fingerprint density at radius 1 is 1.07 bits per heavy atom. The topological polar surface area (TPSA) is 49.2 Å². The molecule has 150 valence electrons. The summed E-state index contributed by atoms with van der Waals surface area (Å²) >= 11 is 0. The molecule has 0 amide bonds.